The van der Waals surface area contributed by atoms with E-state index < -0.39 is 5.97 Å². The van der Waals surface area contributed by atoms with Crippen molar-refractivity contribution in [1.82, 2.24) is 4.98 Å². The van der Waals surface area contributed by atoms with Crippen LogP contribution >= 0.6 is 0 Å². The summed E-state index contributed by atoms with van der Waals surface area (Å²) < 4.78 is 5.23. The van der Waals surface area contributed by atoms with E-state index in [-0.39, 0.29) is 5.76 Å². The monoisotopic (exact) mass is 279 g/mol. The molecule has 0 spiro atoms. The Bertz CT molecular complexity index is 771. The first-order chi connectivity index (χ1) is 10.1. The molecule has 4 heteroatoms. The smallest absolute Gasteiger partial charge is 0.371 e. The second kappa shape index (κ2) is 5.25. The number of hydrogen-bond acceptors (Lipinski definition) is 3. The summed E-state index contributed by atoms with van der Waals surface area (Å²) in [7, 11) is 0. The largest absolute Gasteiger partial charge is 0.475 e. The molecule has 2 heterocycles. The maximum atomic E-state index is 10.8. The van der Waals surface area contributed by atoms with Crippen LogP contribution in [0.25, 0.3) is 22.6 Å². The summed E-state index contributed by atoms with van der Waals surface area (Å²) in [6, 6.07) is 15.0. The van der Waals surface area contributed by atoms with Crippen LogP contribution in [0, 0.1) is 6.92 Å². The quantitative estimate of drug-likeness (QED) is 0.786. The van der Waals surface area contributed by atoms with Crippen LogP contribution in [0.5, 0.6) is 0 Å². The fourth-order valence-electron chi connectivity index (χ4n) is 2.05. The van der Waals surface area contributed by atoms with Gasteiger partial charge in [0.15, 0.2) is 5.76 Å². The Labute approximate surface area is 121 Å². The van der Waals surface area contributed by atoms with E-state index in [0.717, 1.165) is 11.1 Å². The Morgan fingerprint density at radius 1 is 1.00 bits per heavy atom. The van der Waals surface area contributed by atoms with Gasteiger partial charge in [0.05, 0.1) is 0 Å². The van der Waals surface area contributed by atoms with Crippen LogP contribution in [0.15, 0.2) is 59.1 Å². The highest BCUT2D eigenvalue weighted by molar-refractivity contribution is 5.85. The van der Waals surface area contributed by atoms with Gasteiger partial charge in [-0.2, -0.15) is 0 Å². The normalized spacial score (nSPS) is 10.5. The number of aromatic carboxylic acids is 1. The van der Waals surface area contributed by atoms with E-state index >= 15 is 0 Å². The SMILES string of the molecule is Cc1ccc(-c2ccc(-c3ccc(C(=O)O)o3)nc2)cc1. The first kappa shape index (κ1) is 13.1. The molecule has 3 aromatic rings. The third-order valence-corrected chi connectivity index (χ3v) is 3.22. The average molecular weight is 279 g/mol. The molecule has 0 aliphatic heterocycles. The number of furan rings is 1. The number of aromatic nitrogens is 1. The van der Waals surface area contributed by atoms with Crippen molar-refractivity contribution >= 4 is 5.97 Å². The molecule has 1 aromatic carbocycles. The zero-order chi connectivity index (χ0) is 14.8. The molecule has 0 saturated carbocycles. The third kappa shape index (κ3) is 2.69. The van der Waals surface area contributed by atoms with Crippen molar-refractivity contribution in [3.05, 3.63) is 66.1 Å². The van der Waals surface area contributed by atoms with Crippen LogP contribution in [0.2, 0.25) is 0 Å². The lowest BCUT2D eigenvalue weighted by Gasteiger charge is -2.03. The lowest BCUT2D eigenvalue weighted by molar-refractivity contribution is 0.0663. The van der Waals surface area contributed by atoms with Crippen LogP contribution in [-0.2, 0) is 0 Å². The second-order valence-corrected chi connectivity index (χ2v) is 4.77. The number of aryl methyl sites for hydroxylation is 1. The van der Waals surface area contributed by atoms with Gasteiger partial charge in [-0.25, -0.2) is 4.79 Å². The van der Waals surface area contributed by atoms with E-state index in [1.165, 1.54) is 11.6 Å². The minimum atomic E-state index is -1.09. The van der Waals surface area contributed by atoms with Gasteiger partial charge in [0, 0.05) is 11.8 Å². The van der Waals surface area contributed by atoms with Gasteiger partial charge in [-0.1, -0.05) is 35.9 Å². The van der Waals surface area contributed by atoms with Crippen LogP contribution in [0.1, 0.15) is 16.1 Å². The Kier molecular flexibility index (Phi) is 3.28. The Morgan fingerprint density at radius 3 is 2.29 bits per heavy atom. The fraction of sp³-hybridized carbons (Fsp3) is 0.0588. The molecule has 0 aliphatic rings. The number of rotatable bonds is 3. The molecule has 0 bridgehead atoms. The lowest BCUT2D eigenvalue weighted by atomic mass is 10.1. The first-order valence-corrected chi connectivity index (χ1v) is 6.50. The van der Waals surface area contributed by atoms with Crippen LogP contribution in [-0.4, -0.2) is 16.1 Å². The molecule has 4 nitrogen and oxygen atoms in total. The molecule has 0 fully saturated rings. The van der Waals surface area contributed by atoms with Crippen molar-refractivity contribution in [3.8, 4) is 22.6 Å². The maximum absolute atomic E-state index is 10.8. The number of carboxylic acid groups (broad SMARTS) is 1. The predicted molar refractivity (Wildman–Crippen MR) is 79.1 cm³/mol. The lowest BCUT2D eigenvalue weighted by Crippen LogP contribution is -1.91. The molecule has 0 radical (unpaired) electrons. The molecule has 1 N–H and O–H groups in total. The van der Waals surface area contributed by atoms with E-state index in [9.17, 15) is 4.79 Å². The Balaban J connectivity index is 1.89. The predicted octanol–water partition coefficient (Wildman–Crippen LogP) is 4.02. The van der Waals surface area contributed by atoms with Crippen molar-refractivity contribution in [2.24, 2.45) is 0 Å². The van der Waals surface area contributed by atoms with Crippen molar-refractivity contribution in [3.63, 3.8) is 0 Å². The Hall–Kier alpha value is -2.88. The molecular weight excluding hydrogens is 266 g/mol. The highest BCUT2D eigenvalue weighted by Crippen LogP contribution is 2.24. The second-order valence-electron chi connectivity index (χ2n) is 4.77. The molecule has 0 aliphatic carbocycles. The summed E-state index contributed by atoms with van der Waals surface area (Å²) in [5.74, 6) is -0.727. The summed E-state index contributed by atoms with van der Waals surface area (Å²) >= 11 is 0. The van der Waals surface area contributed by atoms with E-state index in [2.05, 4.69) is 17.1 Å². The number of carboxylic acids is 1. The van der Waals surface area contributed by atoms with Crippen molar-refractivity contribution in [2.45, 2.75) is 6.92 Å². The van der Waals surface area contributed by atoms with E-state index in [1.54, 1.807) is 12.3 Å². The fourth-order valence-corrected chi connectivity index (χ4v) is 2.05. The standard InChI is InChI=1S/C17H13NO3/c1-11-2-4-12(5-3-11)13-6-7-14(18-10-13)15-8-9-16(21-15)17(19)20/h2-10H,1H3,(H,19,20). The molecular formula is C17H13NO3. The zero-order valence-corrected chi connectivity index (χ0v) is 11.4. The molecule has 0 unspecified atom stereocenters. The first-order valence-electron chi connectivity index (χ1n) is 6.50. The summed E-state index contributed by atoms with van der Waals surface area (Å²) in [4.78, 5) is 15.1. The van der Waals surface area contributed by atoms with E-state index in [0.29, 0.717) is 11.5 Å². The third-order valence-electron chi connectivity index (χ3n) is 3.22. The minimum Gasteiger partial charge on any atom is -0.475 e. The van der Waals surface area contributed by atoms with Gasteiger partial charge in [-0.15, -0.1) is 0 Å². The van der Waals surface area contributed by atoms with Crippen molar-refractivity contribution in [2.75, 3.05) is 0 Å². The maximum Gasteiger partial charge on any atom is 0.371 e. The van der Waals surface area contributed by atoms with Gasteiger partial charge in [0.1, 0.15) is 5.69 Å². The van der Waals surface area contributed by atoms with Gasteiger partial charge in [-0.3, -0.25) is 4.98 Å². The average Bonchev–Trinajstić information content (AvgIpc) is 2.98. The Morgan fingerprint density at radius 2 is 1.71 bits per heavy atom. The highest BCUT2D eigenvalue weighted by Gasteiger charge is 2.11. The summed E-state index contributed by atoms with van der Waals surface area (Å²) in [6.45, 7) is 2.04. The topological polar surface area (TPSA) is 63.3 Å². The zero-order valence-electron chi connectivity index (χ0n) is 11.4. The van der Waals surface area contributed by atoms with Crippen molar-refractivity contribution in [1.29, 1.82) is 0 Å². The number of nitrogens with zero attached hydrogens (tertiary/aromatic N) is 1. The summed E-state index contributed by atoms with van der Waals surface area (Å²) in [5.41, 5.74) is 3.91. The van der Waals surface area contributed by atoms with Gasteiger partial charge >= 0.3 is 5.97 Å². The van der Waals surface area contributed by atoms with Crippen molar-refractivity contribution < 1.29 is 14.3 Å². The molecule has 0 atom stereocenters. The number of carbonyl (C=O) groups is 1. The van der Waals surface area contributed by atoms with E-state index in [1.807, 2.05) is 31.2 Å². The summed E-state index contributed by atoms with van der Waals surface area (Å²) in [6.07, 6.45) is 1.75. The molecule has 21 heavy (non-hydrogen) atoms. The molecule has 104 valence electrons. The van der Waals surface area contributed by atoms with Gasteiger partial charge in [0.25, 0.3) is 0 Å². The van der Waals surface area contributed by atoms with Crippen LogP contribution in [0.4, 0.5) is 0 Å². The molecule has 3 rings (SSSR count). The van der Waals surface area contributed by atoms with Gasteiger partial charge in [0.2, 0.25) is 5.76 Å². The van der Waals surface area contributed by atoms with Crippen LogP contribution < -0.4 is 0 Å². The minimum absolute atomic E-state index is 0.0885. The number of pyridine rings is 1. The summed E-state index contributed by atoms with van der Waals surface area (Å²) in [5, 5.41) is 8.85. The highest BCUT2D eigenvalue weighted by atomic mass is 16.4. The van der Waals surface area contributed by atoms with Gasteiger partial charge in [-0.05, 0) is 30.7 Å². The van der Waals surface area contributed by atoms with Gasteiger partial charge < -0.3 is 9.52 Å². The molecule has 0 amide bonds. The van der Waals surface area contributed by atoms with E-state index in [4.69, 9.17) is 9.52 Å². The molecule has 2 aromatic heterocycles. The number of hydrogen-bond donors (Lipinski definition) is 1. The molecule has 0 saturated heterocycles. The number of benzene rings is 1. The van der Waals surface area contributed by atoms with Crippen LogP contribution in [0.3, 0.4) is 0 Å².